The molecule has 2 fully saturated rings. The van der Waals surface area contributed by atoms with Crippen LogP contribution >= 0.6 is 0 Å². The van der Waals surface area contributed by atoms with Gasteiger partial charge >= 0.3 is 5.97 Å². The number of rotatable bonds is 6. The van der Waals surface area contributed by atoms with Crippen molar-refractivity contribution in [2.24, 2.45) is 0 Å². The third-order valence-electron chi connectivity index (χ3n) is 8.21. The van der Waals surface area contributed by atoms with Gasteiger partial charge in [0.25, 0.3) is 5.91 Å². The van der Waals surface area contributed by atoms with Crippen LogP contribution in [0.1, 0.15) is 29.8 Å². The van der Waals surface area contributed by atoms with E-state index in [1.54, 1.807) is 48.6 Å². The molecule has 3 amide bonds. The van der Waals surface area contributed by atoms with E-state index in [0.717, 1.165) is 9.69 Å². The predicted octanol–water partition coefficient (Wildman–Crippen LogP) is 0.704. The van der Waals surface area contributed by atoms with Crippen LogP contribution in [-0.4, -0.2) is 95.0 Å². The van der Waals surface area contributed by atoms with E-state index in [4.69, 9.17) is 4.74 Å². The van der Waals surface area contributed by atoms with Crippen LogP contribution in [0.4, 0.5) is 0 Å². The van der Waals surface area contributed by atoms with Gasteiger partial charge in [0.15, 0.2) is 0 Å². The fraction of sp³-hybridized carbons (Fsp3) is 0.323. The Morgan fingerprint density at radius 1 is 0.933 bits per heavy atom. The second kappa shape index (κ2) is 12.4. The Morgan fingerprint density at radius 3 is 2.42 bits per heavy atom. The first kappa shape index (κ1) is 30.4. The molecule has 3 aromatic rings. The second-order valence-electron chi connectivity index (χ2n) is 11.1. The molecule has 1 aromatic heterocycles. The number of fused-ring (bicyclic) bond motifs is 2. The van der Waals surface area contributed by atoms with E-state index >= 15 is 0 Å². The van der Waals surface area contributed by atoms with E-state index in [2.05, 4.69) is 15.6 Å². The monoisotopic (exact) mass is 633 g/mol. The topological polar surface area (TPSA) is 175 Å². The summed E-state index contributed by atoms with van der Waals surface area (Å²) in [5.74, 6) is -2.63. The number of benzene rings is 2. The van der Waals surface area contributed by atoms with Crippen LogP contribution in [-0.2, 0) is 29.1 Å². The van der Waals surface area contributed by atoms with Crippen molar-refractivity contribution >= 4 is 44.5 Å². The lowest BCUT2D eigenvalue weighted by Gasteiger charge is -2.47. The molecule has 0 radical (unpaired) electrons. The number of aliphatic hydroxyl groups excluding tert-OH is 1. The molecule has 45 heavy (non-hydrogen) atoms. The molecular weight excluding hydrogens is 602 g/mol. The molecule has 0 spiro atoms. The number of esters is 1. The minimum atomic E-state index is -4.07. The van der Waals surface area contributed by atoms with Crippen molar-refractivity contribution in [2.45, 2.75) is 54.6 Å². The summed E-state index contributed by atoms with van der Waals surface area (Å²) in [5, 5.41) is 16.9. The Hall–Kier alpha value is -4.66. The van der Waals surface area contributed by atoms with Gasteiger partial charge in [-0.2, -0.15) is 4.31 Å². The quantitative estimate of drug-likeness (QED) is 0.261. The molecule has 2 aromatic carbocycles. The molecule has 2 unspecified atom stereocenters. The molecule has 4 heterocycles. The highest BCUT2D eigenvalue weighted by atomic mass is 32.2. The van der Waals surface area contributed by atoms with Crippen molar-refractivity contribution in [1.82, 2.24) is 24.8 Å². The summed E-state index contributed by atoms with van der Waals surface area (Å²) in [4.78, 5) is 58.8. The SMILES string of the molecule is O=C1CC(NC(=O)[C@@H]2CN(S(=O)(=O)c3ccccc3)C[C@@H]3CC=CC[C@H](NC(=O)c4nccc5ccccc45)C(=O)N32)C(O)O1. The van der Waals surface area contributed by atoms with Crippen LogP contribution in [0.2, 0.25) is 0 Å². The molecule has 2 saturated heterocycles. The van der Waals surface area contributed by atoms with Crippen molar-refractivity contribution < 1.29 is 37.4 Å². The van der Waals surface area contributed by atoms with Crippen LogP contribution in [0.3, 0.4) is 0 Å². The summed E-state index contributed by atoms with van der Waals surface area (Å²) in [6.45, 7) is -0.492. The zero-order valence-electron chi connectivity index (χ0n) is 24.0. The second-order valence-corrected chi connectivity index (χ2v) is 13.0. The third-order valence-corrected chi connectivity index (χ3v) is 10.1. The molecule has 3 aliphatic heterocycles. The minimum Gasteiger partial charge on any atom is -0.434 e. The normalized spacial score (nSPS) is 25.6. The number of nitrogens with zero attached hydrogens (tertiary/aromatic N) is 3. The Kier molecular flexibility index (Phi) is 8.36. The summed E-state index contributed by atoms with van der Waals surface area (Å²) in [6.07, 6.45) is 3.54. The lowest BCUT2D eigenvalue weighted by atomic mass is 9.97. The highest BCUT2D eigenvalue weighted by Gasteiger charge is 2.48. The lowest BCUT2D eigenvalue weighted by molar-refractivity contribution is -0.156. The Balaban J connectivity index is 1.32. The molecular formula is C31H31N5O8S. The molecule has 0 saturated carbocycles. The predicted molar refractivity (Wildman–Crippen MR) is 160 cm³/mol. The first-order chi connectivity index (χ1) is 21.6. The van der Waals surface area contributed by atoms with Crippen LogP contribution in [0.25, 0.3) is 10.8 Å². The number of carbonyl (C=O) groups excluding carboxylic acids is 4. The molecule has 3 aliphatic rings. The lowest BCUT2D eigenvalue weighted by Crippen LogP contribution is -2.68. The van der Waals surface area contributed by atoms with Gasteiger partial charge in [-0.15, -0.1) is 0 Å². The number of piperazine rings is 1. The number of ether oxygens (including phenoxy) is 1. The van der Waals surface area contributed by atoms with Gasteiger partial charge in [-0.05, 0) is 36.4 Å². The number of aromatic nitrogens is 1. The number of aliphatic hydroxyl groups is 1. The molecule has 13 nitrogen and oxygen atoms in total. The standard InChI is InChI=1S/C31H31N5O8S/c37-26-16-24(31(41)44-26)34-28(38)25-18-35(45(42,43)21-10-2-1-3-11-21)17-20-9-5-7-13-23(30(40)36(20)25)33-29(39)27-22-12-6-4-8-19(22)14-15-32-27/h1-8,10-12,14-15,20,23-25,31,41H,9,13,16-18H2,(H,33,39)(H,34,38)/t20-,23-,24?,25-,31?/m0/s1. The summed E-state index contributed by atoms with van der Waals surface area (Å²) in [5.41, 5.74) is 0.136. The van der Waals surface area contributed by atoms with E-state index in [-0.39, 0.29) is 36.4 Å². The van der Waals surface area contributed by atoms with E-state index in [1.165, 1.54) is 23.2 Å². The van der Waals surface area contributed by atoms with Crippen LogP contribution in [0, 0.1) is 0 Å². The highest BCUT2D eigenvalue weighted by molar-refractivity contribution is 7.89. The number of amides is 3. The number of sulfonamides is 1. The maximum atomic E-state index is 14.2. The number of hydrogen-bond donors (Lipinski definition) is 3. The van der Waals surface area contributed by atoms with Crippen LogP contribution in [0.5, 0.6) is 0 Å². The van der Waals surface area contributed by atoms with Crippen molar-refractivity contribution in [3.05, 3.63) is 84.7 Å². The summed E-state index contributed by atoms with van der Waals surface area (Å²) < 4.78 is 33.3. The zero-order chi connectivity index (χ0) is 31.7. The molecule has 14 heteroatoms. The maximum absolute atomic E-state index is 14.2. The fourth-order valence-corrected chi connectivity index (χ4v) is 7.47. The summed E-state index contributed by atoms with van der Waals surface area (Å²) in [6, 6.07) is 12.5. The Labute approximate surface area is 258 Å². The minimum absolute atomic E-state index is 0.0308. The van der Waals surface area contributed by atoms with E-state index in [1.807, 2.05) is 12.1 Å². The number of carbonyl (C=O) groups is 4. The average Bonchev–Trinajstić information content (AvgIpc) is 3.36. The number of hydrogen-bond acceptors (Lipinski definition) is 9. The zero-order valence-corrected chi connectivity index (χ0v) is 24.8. The van der Waals surface area contributed by atoms with Gasteiger partial charge in [0, 0.05) is 30.7 Å². The van der Waals surface area contributed by atoms with Gasteiger partial charge in [-0.25, -0.2) is 8.42 Å². The van der Waals surface area contributed by atoms with Crippen molar-refractivity contribution in [2.75, 3.05) is 13.1 Å². The van der Waals surface area contributed by atoms with E-state index < -0.39 is 70.7 Å². The maximum Gasteiger partial charge on any atom is 0.310 e. The molecule has 5 atom stereocenters. The van der Waals surface area contributed by atoms with Crippen molar-refractivity contribution in [3.63, 3.8) is 0 Å². The van der Waals surface area contributed by atoms with Gasteiger partial charge in [0.1, 0.15) is 23.8 Å². The van der Waals surface area contributed by atoms with Crippen molar-refractivity contribution in [3.8, 4) is 0 Å². The van der Waals surface area contributed by atoms with Crippen molar-refractivity contribution in [1.29, 1.82) is 0 Å². The molecule has 6 rings (SSSR count). The molecule has 0 aliphatic carbocycles. The molecule has 234 valence electrons. The van der Waals surface area contributed by atoms with E-state index in [0.29, 0.717) is 5.39 Å². The first-order valence-electron chi connectivity index (χ1n) is 14.5. The van der Waals surface area contributed by atoms with Gasteiger partial charge in [-0.1, -0.05) is 54.6 Å². The average molecular weight is 634 g/mol. The van der Waals surface area contributed by atoms with Crippen LogP contribution < -0.4 is 10.6 Å². The number of nitrogens with one attached hydrogen (secondary N) is 2. The Bertz CT molecular complexity index is 1780. The molecule has 3 N–H and O–H groups in total. The molecule has 0 bridgehead atoms. The fourth-order valence-electron chi connectivity index (χ4n) is 5.96. The number of pyridine rings is 1. The van der Waals surface area contributed by atoms with Gasteiger partial charge in [0.05, 0.1) is 11.3 Å². The third kappa shape index (κ3) is 6.03. The van der Waals surface area contributed by atoms with Gasteiger partial charge in [0.2, 0.25) is 28.1 Å². The first-order valence-corrected chi connectivity index (χ1v) is 15.9. The highest BCUT2D eigenvalue weighted by Crippen LogP contribution is 2.28. The van der Waals surface area contributed by atoms with Gasteiger partial charge < -0.3 is 25.4 Å². The largest absolute Gasteiger partial charge is 0.434 e. The Morgan fingerprint density at radius 2 is 1.67 bits per heavy atom. The smallest absolute Gasteiger partial charge is 0.310 e. The van der Waals surface area contributed by atoms with Gasteiger partial charge in [-0.3, -0.25) is 24.2 Å². The number of cyclic esters (lactones) is 1. The van der Waals surface area contributed by atoms with Crippen LogP contribution in [0.15, 0.2) is 83.9 Å². The van der Waals surface area contributed by atoms with E-state index in [9.17, 15) is 32.7 Å². The summed E-state index contributed by atoms with van der Waals surface area (Å²) >= 11 is 0. The summed E-state index contributed by atoms with van der Waals surface area (Å²) in [7, 11) is -4.07.